The Morgan fingerprint density at radius 2 is 1.84 bits per heavy atom. The molecule has 1 N–H and O–H groups in total. The van der Waals surface area contributed by atoms with E-state index in [1.807, 2.05) is 19.1 Å². The smallest absolute Gasteiger partial charge is 0.331 e. The molecule has 130 valence electrons. The van der Waals surface area contributed by atoms with E-state index in [0.29, 0.717) is 5.69 Å². The van der Waals surface area contributed by atoms with Crippen molar-refractivity contribution < 1.29 is 18.7 Å². The molecule has 0 spiro atoms. The van der Waals surface area contributed by atoms with E-state index < -0.39 is 23.8 Å². The van der Waals surface area contributed by atoms with Crippen molar-refractivity contribution in [3.05, 3.63) is 71.6 Å². The van der Waals surface area contributed by atoms with Gasteiger partial charge in [0.1, 0.15) is 5.82 Å². The van der Waals surface area contributed by atoms with Crippen molar-refractivity contribution in [1.29, 1.82) is 0 Å². The molecule has 2 aromatic rings. The van der Waals surface area contributed by atoms with E-state index in [1.165, 1.54) is 25.1 Å². The normalized spacial score (nSPS) is 12.0. The second-order valence-electron chi connectivity index (χ2n) is 5.47. The highest BCUT2D eigenvalue weighted by atomic mass is 19.1. The highest BCUT2D eigenvalue weighted by Gasteiger charge is 2.16. The predicted molar refractivity (Wildman–Crippen MR) is 95.4 cm³/mol. The van der Waals surface area contributed by atoms with Gasteiger partial charge in [-0.25, -0.2) is 9.18 Å². The van der Waals surface area contributed by atoms with Crippen LogP contribution in [0.1, 0.15) is 25.0 Å². The fraction of sp³-hybridized carbons (Fsp3) is 0.200. The summed E-state index contributed by atoms with van der Waals surface area (Å²) < 4.78 is 18.5. The number of halogens is 1. The molecule has 1 amide bonds. The van der Waals surface area contributed by atoms with Crippen molar-refractivity contribution in [3.63, 3.8) is 0 Å². The van der Waals surface area contributed by atoms with Crippen molar-refractivity contribution in [2.75, 3.05) is 5.32 Å². The van der Waals surface area contributed by atoms with Gasteiger partial charge in [-0.2, -0.15) is 0 Å². The standard InChI is InChI=1S/C20H20FNO3/c1-3-15-8-11-17(12-9-15)22-20(24)14(2)25-19(23)13-10-16-6-4-5-7-18(16)21/h4-14H,3H2,1-2H3,(H,22,24)/b13-10+/t14-/m1/s1. The molecule has 0 radical (unpaired) electrons. The van der Waals surface area contributed by atoms with Gasteiger partial charge in [-0.1, -0.05) is 37.3 Å². The zero-order chi connectivity index (χ0) is 18.2. The van der Waals surface area contributed by atoms with Crippen molar-refractivity contribution in [3.8, 4) is 0 Å². The number of hydrogen-bond donors (Lipinski definition) is 1. The summed E-state index contributed by atoms with van der Waals surface area (Å²) in [6.45, 7) is 3.52. The Kier molecular flexibility index (Phi) is 6.46. The highest BCUT2D eigenvalue weighted by molar-refractivity contribution is 5.96. The summed E-state index contributed by atoms with van der Waals surface area (Å²) >= 11 is 0. The third kappa shape index (κ3) is 5.57. The molecular formula is C20H20FNO3. The van der Waals surface area contributed by atoms with E-state index in [4.69, 9.17) is 4.74 Å². The average Bonchev–Trinajstić information content (AvgIpc) is 2.61. The first-order chi connectivity index (χ1) is 12.0. The van der Waals surface area contributed by atoms with Gasteiger partial charge in [0.25, 0.3) is 5.91 Å². The number of amides is 1. The minimum Gasteiger partial charge on any atom is -0.449 e. The van der Waals surface area contributed by atoms with E-state index in [2.05, 4.69) is 5.32 Å². The first-order valence-corrected chi connectivity index (χ1v) is 8.02. The monoisotopic (exact) mass is 341 g/mol. The van der Waals surface area contributed by atoms with Crippen molar-refractivity contribution in [1.82, 2.24) is 0 Å². The van der Waals surface area contributed by atoms with Gasteiger partial charge in [-0.15, -0.1) is 0 Å². The Hall–Kier alpha value is -2.95. The predicted octanol–water partition coefficient (Wildman–Crippen LogP) is 3.97. The summed E-state index contributed by atoms with van der Waals surface area (Å²) in [5, 5.41) is 2.68. The summed E-state index contributed by atoms with van der Waals surface area (Å²) in [6, 6.07) is 13.5. The Balaban J connectivity index is 1.89. The lowest BCUT2D eigenvalue weighted by Gasteiger charge is -2.12. The number of rotatable bonds is 6. The van der Waals surface area contributed by atoms with Crippen LogP contribution in [-0.4, -0.2) is 18.0 Å². The van der Waals surface area contributed by atoms with Crippen LogP contribution in [0.3, 0.4) is 0 Å². The molecule has 0 aromatic heterocycles. The van der Waals surface area contributed by atoms with Gasteiger partial charge in [0.2, 0.25) is 0 Å². The van der Waals surface area contributed by atoms with Crippen LogP contribution in [0.2, 0.25) is 0 Å². The zero-order valence-corrected chi connectivity index (χ0v) is 14.2. The SMILES string of the molecule is CCc1ccc(NC(=O)[C@@H](C)OC(=O)/C=C/c2ccccc2F)cc1. The number of esters is 1. The van der Waals surface area contributed by atoms with Crippen LogP contribution in [0, 0.1) is 5.82 Å². The van der Waals surface area contributed by atoms with Gasteiger partial charge in [0, 0.05) is 17.3 Å². The number of aryl methyl sites for hydroxylation is 1. The minimum atomic E-state index is -0.969. The number of nitrogens with one attached hydrogen (secondary N) is 1. The molecule has 4 nitrogen and oxygen atoms in total. The summed E-state index contributed by atoms with van der Waals surface area (Å²) in [5.74, 6) is -1.59. The van der Waals surface area contributed by atoms with Crippen LogP contribution in [0.5, 0.6) is 0 Å². The number of carbonyl (C=O) groups excluding carboxylic acids is 2. The Bertz CT molecular complexity index is 769. The summed E-state index contributed by atoms with van der Waals surface area (Å²) in [7, 11) is 0. The Morgan fingerprint density at radius 1 is 1.16 bits per heavy atom. The van der Waals surface area contributed by atoms with Crippen LogP contribution in [0.25, 0.3) is 6.08 Å². The molecule has 5 heteroatoms. The van der Waals surface area contributed by atoms with Crippen LogP contribution < -0.4 is 5.32 Å². The third-order valence-electron chi connectivity index (χ3n) is 3.60. The number of ether oxygens (including phenoxy) is 1. The van der Waals surface area contributed by atoms with E-state index >= 15 is 0 Å². The van der Waals surface area contributed by atoms with Crippen molar-refractivity contribution in [2.24, 2.45) is 0 Å². The molecule has 25 heavy (non-hydrogen) atoms. The van der Waals surface area contributed by atoms with Gasteiger partial charge < -0.3 is 10.1 Å². The van der Waals surface area contributed by atoms with Crippen LogP contribution in [0.15, 0.2) is 54.6 Å². The fourth-order valence-corrected chi connectivity index (χ4v) is 2.10. The van der Waals surface area contributed by atoms with Crippen molar-refractivity contribution >= 4 is 23.6 Å². The molecule has 2 aromatic carbocycles. The highest BCUT2D eigenvalue weighted by Crippen LogP contribution is 2.11. The maximum absolute atomic E-state index is 13.5. The molecule has 0 bridgehead atoms. The zero-order valence-electron chi connectivity index (χ0n) is 14.2. The van der Waals surface area contributed by atoms with Gasteiger partial charge in [-0.05, 0) is 43.2 Å². The second-order valence-corrected chi connectivity index (χ2v) is 5.47. The molecule has 0 aliphatic carbocycles. The van der Waals surface area contributed by atoms with Gasteiger partial charge in [0.05, 0.1) is 0 Å². The number of anilines is 1. The quantitative estimate of drug-likeness (QED) is 0.639. The minimum absolute atomic E-state index is 0.271. The Labute approximate surface area is 146 Å². The molecule has 0 saturated carbocycles. The molecule has 0 fully saturated rings. The van der Waals surface area contributed by atoms with E-state index in [0.717, 1.165) is 18.1 Å². The number of benzene rings is 2. The lowest BCUT2D eigenvalue weighted by atomic mass is 10.1. The molecular weight excluding hydrogens is 321 g/mol. The fourth-order valence-electron chi connectivity index (χ4n) is 2.10. The largest absolute Gasteiger partial charge is 0.449 e. The van der Waals surface area contributed by atoms with Gasteiger partial charge in [0.15, 0.2) is 6.10 Å². The van der Waals surface area contributed by atoms with Crippen LogP contribution >= 0.6 is 0 Å². The number of hydrogen-bond acceptors (Lipinski definition) is 3. The lowest BCUT2D eigenvalue weighted by molar-refractivity contribution is -0.148. The first-order valence-electron chi connectivity index (χ1n) is 8.02. The summed E-state index contributed by atoms with van der Waals surface area (Å²) in [4.78, 5) is 23.8. The topological polar surface area (TPSA) is 55.4 Å². The summed E-state index contributed by atoms with van der Waals surface area (Å²) in [6.07, 6.45) is 2.35. The van der Waals surface area contributed by atoms with Gasteiger partial charge >= 0.3 is 5.97 Å². The van der Waals surface area contributed by atoms with Gasteiger partial charge in [-0.3, -0.25) is 4.79 Å². The molecule has 0 saturated heterocycles. The average molecular weight is 341 g/mol. The number of carbonyl (C=O) groups is 2. The van der Waals surface area contributed by atoms with E-state index in [9.17, 15) is 14.0 Å². The van der Waals surface area contributed by atoms with E-state index in [1.54, 1.807) is 24.3 Å². The molecule has 0 heterocycles. The lowest BCUT2D eigenvalue weighted by Crippen LogP contribution is -2.29. The maximum Gasteiger partial charge on any atom is 0.331 e. The maximum atomic E-state index is 13.5. The molecule has 0 aliphatic rings. The van der Waals surface area contributed by atoms with Crippen LogP contribution in [0.4, 0.5) is 10.1 Å². The van der Waals surface area contributed by atoms with Crippen molar-refractivity contribution in [2.45, 2.75) is 26.4 Å². The Morgan fingerprint density at radius 3 is 2.48 bits per heavy atom. The molecule has 0 aliphatic heterocycles. The summed E-state index contributed by atoms with van der Waals surface area (Å²) in [5.41, 5.74) is 2.07. The molecule has 2 rings (SSSR count). The first kappa shape index (κ1) is 18.4. The van der Waals surface area contributed by atoms with Crippen LogP contribution in [-0.2, 0) is 20.7 Å². The molecule has 0 unspecified atom stereocenters. The third-order valence-corrected chi connectivity index (χ3v) is 3.60. The van der Waals surface area contributed by atoms with E-state index in [-0.39, 0.29) is 5.56 Å². The molecule has 1 atom stereocenters. The second kappa shape index (κ2) is 8.78.